The second-order valence-electron chi connectivity index (χ2n) is 16.4. The van der Waals surface area contributed by atoms with Crippen molar-refractivity contribution in [3.8, 4) is 22.6 Å². The lowest BCUT2D eigenvalue weighted by Gasteiger charge is -2.39. The number of pyridine rings is 1. The van der Waals surface area contributed by atoms with Crippen LogP contribution in [0.4, 0.5) is 16.2 Å². The van der Waals surface area contributed by atoms with Gasteiger partial charge in [0.05, 0.1) is 35.1 Å². The number of ether oxygens (including phenoxy) is 1. The largest absolute Gasteiger partial charge is 0.506 e. The minimum Gasteiger partial charge on any atom is -0.506 e. The summed E-state index contributed by atoms with van der Waals surface area (Å²) in [5, 5.41) is 38.9. The van der Waals surface area contributed by atoms with Gasteiger partial charge < -0.3 is 40.6 Å². The molecule has 6 N–H and O–H groups in total. The number of amides is 2. The quantitative estimate of drug-likeness (QED) is 0.0418. The number of phenols is 1. The molecule has 0 aliphatic heterocycles. The molecular formula is C49H60ClN5O7. The van der Waals surface area contributed by atoms with Crippen molar-refractivity contribution in [1.82, 2.24) is 15.2 Å². The number of carbonyl (C=O) groups is 2. The maximum Gasteiger partial charge on any atom is 0.412 e. The molecule has 330 valence electrons. The standard InChI is InChI=1S/C49H60ClN5O7/c1-4-5-6-10-26-54(2)35-17-19-36(20-18-35)55(49(60)61)42-27-32(16-21-37(42)33-13-8-7-9-14-33)12-11-15-46(58)52-41-29-45(62-3)34(28-40(41)50)30-51-31-44(57)38-22-24-43(56)48-39(38)23-25-47(59)53-48/h7-9,13-14,16,21-25,27-29,35-36,44,51,56-57H,4-6,10-12,15,17-20,26,30-31H2,1-3H3,(H,52,58)(H,53,59)(H,60,61)/t35?,36?,44-/m1/s1. The number of aromatic amines is 1. The van der Waals surface area contributed by atoms with Crippen molar-refractivity contribution in [1.29, 1.82) is 0 Å². The number of unbranched alkanes of at least 4 members (excludes halogenated alkanes) is 3. The molecule has 0 spiro atoms. The number of fused-ring (bicyclic) bond motifs is 1. The number of carbonyl (C=O) groups excluding carboxylic acids is 1. The van der Waals surface area contributed by atoms with E-state index in [1.54, 1.807) is 29.2 Å². The number of methoxy groups -OCH3 is 1. The second kappa shape index (κ2) is 22.1. The lowest BCUT2D eigenvalue weighted by molar-refractivity contribution is -0.116. The van der Waals surface area contributed by atoms with Gasteiger partial charge in [0.15, 0.2) is 0 Å². The van der Waals surface area contributed by atoms with Gasteiger partial charge >= 0.3 is 6.09 Å². The number of halogens is 1. The summed E-state index contributed by atoms with van der Waals surface area (Å²) in [6, 6.07) is 25.6. The van der Waals surface area contributed by atoms with Crippen LogP contribution < -0.4 is 25.8 Å². The Kier molecular flexibility index (Phi) is 16.4. The summed E-state index contributed by atoms with van der Waals surface area (Å²) in [6.45, 7) is 3.75. The van der Waals surface area contributed by atoms with Crippen LogP contribution in [-0.4, -0.2) is 76.5 Å². The van der Waals surface area contributed by atoms with Crippen molar-refractivity contribution in [2.45, 2.75) is 102 Å². The van der Waals surface area contributed by atoms with Gasteiger partial charge in [0.2, 0.25) is 11.5 Å². The third-order valence-electron chi connectivity index (χ3n) is 12.1. The molecule has 1 heterocycles. The number of aryl methyl sites for hydroxylation is 1. The predicted molar refractivity (Wildman–Crippen MR) is 248 cm³/mol. The number of anilines is 2. The van der Waals surface area contributed by atoms with Gasteiger partial charge in [-0.15, -0.1) is 0 Å². The minimum atomic E-state index is -0.954. The average molecular weight is 867 g/mol. The average Bonchev–Trinajstić information content (AvgIpc) is 3.26. The SMILES string of the molecule is CCCCCCN(C)C1CCC(N(C(=O)O)c2cc(CCCC(=O)Nc3cc(OC)c(CNC[C@@H](O)c4ccc(O)c5[nH]c(=O)ccc45)cc3Cl)ccc2-c2ccccc2)CC1. The number of carboxylic acid groups (broad SMARTS) is 1. The molecule has 0 bridgehead atoms. The molecular weight excluding hydrogens is 806 g/mol. The van der Waals surface area contributed by atoms with E-state index in [4.69, 9.17) is 16.3 Å². The molecule has 1 saturated carbocycles. The first-order valence-electron chi connectivity index (χ1n) is 21.8. The number of nitrogens with zero attached hydrogens (tertiary/aromatic N) is 2. The first-order valence-corrected chi connectivity index (χ1v) is 22.2. The highest BCUT2D eigenvalue weighted by molar-refractivity contribution is 6.33. The van der Waals surface area contributed by atoms with E-state index in [2.05, 4.69) is 34.5 Å². The molecule has 5 aromatic rings. The van der Waals surface area contributed by atoms with Crippen molar-refractivity contribution in [2.24, 2.45) is 0 Å². The van der Waals surface area contributed by atoms with Gasteiger partial charge in [-0.05, 0) is 99.5 Å². The Balaban J connectivity index is 1.06. The van der Waals surface area contributed by atoms with Crippen LogP contribution >= 0.6 is 11.6 Å². The lowest BCUT2D eigenvalue weighted by atomic mass is 9.88. The summed E-state index contributed by atoms with van der Waals surface area (Å²) in [7, 11) is 3.73. The number of aliphatic hydroxyl groups is 1. The molecule has 1 atom stereocenters. The van der Waals surface area contributed by atoms with Gasteiger partial charge in [0.25, 0.3) is 0 Å². The predicted octanol–water partition coefficient (Wildman–Crippen LogP) is 9.65. The molecule has 62 heavy (non-hydrogen) atoms. The van der Waals surface area contributed by atoms with Crippen molar-refractivity contribution in [3.05, 3.63) is 117 Å². The van der Waals surface area contributed by atoms with Crippen LogP contribution in [0.1, 0.15) is 93.9 Å². The maximum absolute atomic E-state index is 13.3. The Hall–Kier alpha value is -5.40. The number of hydrogen-bond donors (Lipinski definition) is 6. The van der Waals surface area contributed by atoms with Gasteiger partial charge in [-0.1, -0.05) is 86.3 Å². The monoisotopic (exact) mass is 865 g/mol. The number of hydrogen-bond acceptors (Lipinski definition) is 8. The van der Waals surface area contributed by atoms with Crippen LogP contribution in [0.5, 0.6) is 11.5 Å². The Morgan fingerprint density at radius 1 is 0.935 bits per heavy atom. The molecule has 1 aromatic heterocycles. The van der Waals surface area contributed by atoms with Gasteiger partial charge in [0, 0.05) is 60.2 Å². The van der Waals surface area contributed by atoms with Crippen LogP contribution in [0.2, 0.25) is 5.02 Å². The summed E-state index contributed by atoms with van der Waals surface area (Å²) < 4.78 is 5.63. The van der Waals surface area contributed by atoms with Gasteiger partial charge in [-0.25, -0.2) is 4.79 Å². The van der Waals surface area contributed by atoms with Crippen LogP contribution in [0.15, 0.2) is 89.7 Å². The Bertz CT molecular complexity index is 2350. The zero-order valence-electron chi connectivity index (χ0n) is 36.0. The molecule has 1 fully saturated rings. The first kappa shape index (κ1) is 46.1. The summed E-state index contributed by atoms with van der Waals surface area (Å²) in [5.41, 5.74) is 5.02. The molecule has 1 aliphatic carbocycles. The number of nitrogens with one attached hydrogen (secondary N) is 3. The third-order valence-corrected chi connectivity index (χ3v) is 12.4. The molecule has 1 aliphatic rings. The highest BCUT2D eigenvalue weighted by Crippen LogP contribution is 2.38. The van der Waals surface area contributed by atoms with Gasteiger partial charge in [-0.2, -0.15) is 0 Å². The van der Waals surface area contributed by atoms with Crippen molar-refractivity contribution in [2.75, 3.05) is 37.5 Å². The normalized spacial score (nSPS) is 15.7. The fourth-order valence-corrected chi connectivity index (χ4v) is 8.90. The number of aliphatic hydroxyl groups excluding tert-OH is 1. The maximum atomic E-state index is 13.3. The number of phenolic OH excluding ortho intramolecular Hbond substituents is 1. The van der Waals surface area contributed by atoms with Crippen LogP contribution in [0, 0.1) is 0 Å². The number of aromatic hydroxyl groups is 1. The van der Waals surface area contributed by atoms with Gasteiger partial charge in [-0.3, -0.25) is 14.5 Å². The van der Waals surface area contributed by atoms with Gasteiger partial charge in [0.1, 0.15) is 11.5 Å². The van der Waals surface area contributed by atoms with E-state index in [9.17, 15) is 29.7 Å². The molecule has 2 amide bonds. The molecule has 4 aromatic carbocycles. The van der Waals surface area contributed by atoms with Crippen LogP contribution in [0.3, 0.4) is 0 Å². The molecule has 13 heteroatoms. The van der Waals surface area contributed by atoms with E-state index in [0.717, 1.165) is 48.9 Å². The van der Waals surface area contributed by atoms with E-state index in [-0.39, 0.29) is 41.7 Å². The molecule has 12 nitrogen and oxygen atoms in total. The molecule has 0 unspecified atom stereocenters. The topological polar surface area (TPSA) is 167 Å². The number of rotatable bonds is 20. The van der Waals surface area contributed by atoms with Crippen molar-refractivity contribution in [3.63, 3.8) is 0 Å². The summed E-state index contributed by atoms with van der Waals surface area (Å²) in [5.74, 6) is 0.196. The van der Waals surface area contributed by atoms with Crippen LogP contribution in [-0.2, 0) is 17.8 Å². The van der Waals surface area contributed by atoms with Crippen molar-refractivity contribution >= 4 is 45.9 Å². The zero-order chi connectivity index (χ0) is 44.2. The molecule has 0 radical (unpaired) electrons. The fourth-order valence-electron chi connectivity index (χ4n) is 8.66. The second-order valence-corrected chi connectivity index (χ2v) is 16.8. The summed E-state index contributed by atoms with van der Waals surface area (Å²) in [6.07, 6.45) is 7.84. The number of aromatic nitrogens is 1. The highest BCUT2D eigenvalue weighted by atomic mass is 35.5. The fraction of sp³-hybridized carbons (Fsp3) is 0.408. The van der Waals surface area contributed by atoms with E-state index in [0.29, 0.717) is 64.1 Å². The zero-order valence-corrected chi connectivity index (χ0v) is 36.7. The summed E-state index contributed by atoms with van der Waals surface area (Å²) >= 11 is 6.66. The Morgan fingerprint density at radius 2 is 1.69 bits per heavy atom. The Labute approximate surface area is 368 Å². The number of H-pyrrole nitrogens is 1. The van der Waals surface area contributed by atoms with E-state index < -0.39 is 12.2 Å². The lowest BCUT2D eigenvalue weighted by Crippen LogP contribution is -2.45. The Morgan fingerprint density at radius 3 is 2.42 bits per heavy atom. The van der Waals surface area contributed by atoms with E-state index >= 15 is 0 Å². The summed E-state index contributed by atoms with van der Waals surface area (Å²) in [4.78, 5) is 44.8. The van der Waals surface area contributed by atoms with Crippen molar-refractivity contribution < 1.29 is 29.6 Å². The molecule has 0 saturated heterocycles. The smallest absolute Gasteiger partial charge is 0.412 e. The number of benzene rings is 4. The van der Waals surface area contributed by atoms with E-state index in [1.165, 1.54) is 44.9 Å². The molecule has 6 rings (SSSR count). The first-order chi connectivity index (χ1) is 30.0. The van der Waals surface area contributed by atoms with E-state index in [1.807, 2.05) is 48.5 Å². The third kappa shape index (κ3) is 11.7. The highest BCUT2D eigenvalue weighted by Gasteiger charge is 2.33. The van der Waals surface area contributed by atoms with Crippen LogP contribution in [0.25, 0.3) is 22.0 Å². The minimum absolute atomic E-state index is 0.0836.